The topological polar surface area (TPSA) is 29.3 Å². The van der Waals surface area contributed by atoms with Crippen molar-refractivity contribution in [2.45, 2.75) is 33.1 Å². The Morgan fingerprint density at radius 1 is 1.32 bits per heavy atom. The largest absolute Gasteiger partial charge is 0.397 e. The van der Waals surface area contributed by atoms with E-state index in [0.717, 1.165) is 37.0 Å². The third-order valence-corrected chi connectivity index (χ3v) is 4.95. The van der Waals surface area contributed by atoms with Gasteiger partial charge in [0, 0.05) is 19.2 Å². The second kappa shape index (κ2) is 6.29. The second-order valence-corrected chi connectivity index (χ2v) is 6.91. The standard InChI is InChI=1S/C15H22FIN2/c1-10(2)11-4-3-6-19(7-5-11)15-8-12(16)13(17)9-14(15)18/h8-11H,3-7,18H2,1-2H3. The molecule has 2 nitrogen and oxygen atoms in total. The molecule has 4 heteroatoms. The molecule has 1 aliphatic rings. The molecule has 0 radical (unpaired) electrons. The lowest BCUT2D eigenvalue weighted by Crippen LogP contribution is -2.25. The maximum Gasteiger partial charge on any atom is 0.138 e. The Hall–Kier alpha value is -0.520. The SMILES string of the molecule is CC(C)C1CCCN(c2cc(F)c(I)cc2N)CC1. The van der Waals surface area contributed by atoms with Gasteiger partial charge in [0.05, 0.1) is 14.9 Å². The summed E-state index contributed by atoms with van der Waals surface area (Å²) in [5.74, 6) is 1.33. The molecular formula is C15H22FIN2. The van der Waals surface area contributed by atoms with Crippen molar-refractivity contribution in [3.8, 4) is 0 Å². The molecule has 1 fully saturated rings. The van der Waals surface area contributed by atoms with Crippen molar-refractivity contribution in [3.63, 3.8) is 0 Å². The molecule has 0 spiro atoms. The summed E-state index contributed by atoms with van der Waals surface area (Å²) >= 11 is 1.98. The number of rotatable bonds is 2. The lowest BCUT2D eigenvalue weighted by Gasteiger charge is -2.25. The average Bonchev–Trinajstić information content (AvgIpc) is 2.59. The van der Waals surface area contributed by atoms with Crippen LogP contribution in [0.4, 0.5) is 15.8 Å². The van der Waals surface area contributed by atoms with Gasteiger partial charge in [-0.25, -0.2) is 4.39 Å². The Bertz CT molecular complexity index is 448. The van der Waals surface area contributed by atoms with E-state index in [0.29, 0.717) is 9.26 Å². The number of halogens is 2. The third kappa shape index (κ3) is 3.52. The number of nitrogens with zero attached hydrogens (tertiary/aromatic N) is 1. The van der Waals surface area contributed by atoms with Gasteiger partial charge < -0.3 is 10.6 Å². The average molecular weight is 376 g/mol. The molecule has 0 aliphatic carbocycles. The fourth-order valence-corrected chi connectivity index (χ4v) is 3.35. The predicted molar refractivity (Wildman–Crippen MR) is 87.9 cm³/mol. The van der Waals surface area contributed by atoms with Crippen molar-refractivity contribution >= 4 is 34.0 Å². The molecule has 0 aromatic heterocycles. The smallest absolute Gasteiger partial charge is 0.138 e. The quantitative estimate of drug-likeness (QED) is 0.617. The molecule has 2 N–H and O–H groups in total. The number of benzene rings is 1. The lowest BCUT2D eigenvalue weighted by molar-refractivity contribution is 0.351. The Morgan fingerprint density at radius 2 is 2.05 bits per heavy atom. The van der Waals surface area contributed by atoms with Crippen LogP contribution in [-0.2, 0) is 0 Å². The Morgan fingerprint density at radius 3 is 2.74 bits per heavy atom. The molecule has 1 unspecified atom stereocenters. The van der Waals surface area contributed by atoms with Gasteiger partial charge in [0.25, 0.3) is 0 Å². The van der Waals surface area contributed by atoms with Crippen molar-refractivity contribution in [1.29, 1.82) is 0 Å². The van der Waals surface area contributed by atoms with Crippen LogP contribution in [0, 0.1) is 21.2 Å². The monoisotopic (exact) mass is 376 g/mol. The summed E-state index contributed by atoms with van der Waals surface area (Å²) in [7, 11) is 0. The van der Waals surface area contributed by atoms with Gasteiger partial charge in [-0.3, -0.25) is 0 Å². The van der Waals surface area contributed by atoms with Crippen molar-refractivity contribution in [2.24, 2.45) is 11.8 Å². The highest BCUT2D eigenvalue weighted by Gasteiger charge is 2.21. The highest BCUT2D eigenvalue weighted by Crippen LogP contribution is 2.32. The van der Waals surface area contributed by atoms with E-state index in [9.17, 15) is 4.39 Å². The fraction of sp³-hybridized carbons (Fsp3) is 0.600. The maximum absolute atomic E-state index is 13.7. The van der Waals surface area contributed by atoms with Crippen LogP contribution in [-0.4, -0.2) is 13.1 Å². The molecule has 0 amide bonds. The van der Waals surface area contributed by atoms with Crippen LogP contribution in [0.3, 0.4) is 0 Å². The summed E-state index contributed by atoms with van der Waals surface area (Å²) < 4.78 is 14.3. The van der Waals surface area contributed by atoms with Crippen LogP contribution < -0.4 is 10.6 Å². The number of hydrogen-bond acceptors (Lipinski definition) is 2. The fourth-order valence-electron chi connectivity index (χ4n) is 2.86. The van der Waals surface area contributed by atoms with Crippen LogP contribution in [0.1, 0.15) is 33.1 Å². The van der Waals surface area contributed by atoms with E-state index >= 15 is 0 Å². The molecule has 1 saturated heterocycles. The Kier molecular flexibility index (Phi) is 4.92. The van der Waals surface area contributed by atoms with Crippen LogP contribution in [0.2, 0.25) is 0 Å². The number of hydrogen-bond donors (Lipinski definition) is 1. The molecule has 0 bridgehead atoms. The number of nitrogen functional groups attached to an aromatic ring is 1. The highest BCUT2D eigenvalue weighted by molar-refractivity contribution is 14.1. The zero-order valence-corrected chi connectivity index (χ0v) is 13.8. The minimum atomic E-state index is -0.172. The summed E-state index contributed by atoms with van der Waals surface area (Å²) in [5.41, 5.74) is 7.61. The van der Waals surface area contributed by atoms with Gasteiger partial charge in [-0.2, -0.15) is 0 Å². The van der Waals surface area contributed by atoms with Gasteiger partial charge in [-0.05, 0) is 59.8 Å². The molecular weight excluding hydrogens is 354 g/mol. The third-order valence-electron chi connectivity index (χ3n) is 4.13. The van der Waals surface area contributed by atoms with Crippen molar-refractivity contribution in [2.75, 3.05) is 23.7 Å². The van der Waals surface area contributed by atoms with E-state index in [-0.39, 0.29) is 5.82 Å². The summed E-state index contributed by atoms with van der Waals surface area (Å²) in [4.78, 5) is 2.25. The van der Waals surface area contributed by atoms with E-state index in [1.54, 1.807) is 12.1 Å². The van der Waals surface area contributed by atoms with E-state index in [1.165, 1.54) is 12.8 Å². The van der Waals surface area contributed by atoms with Crippen LogP contribution >= 0.6 is 22.6 Å². The van der Waals surface area contributed by atoms with Gasteiger partial charge in [0.2, 0.25) is 0 Å². The minimum absolute atomic E-state index is 0.172. The zero-order valence-electron chi connectivity index (χ0n) is 11.6. The zero-order chi connectivity index (χ0) is 14.0. The summed E-state index contributed by atoms with van der Waals surface area (Å²) in [6.07, 6.45) is 3.60. The van der Waals surface area contributed by atoms with E-state index < -0.39 is 0 Å². The van der Waals surface area contributed by atoms with Gasteiger partial charge in [0.1, 0.15) is 5.82 Å². The minimum Gasteiger partial charge on any atom is -0.397 e. The second-order valence-electron chi connectivity index (χ2n) is 5.75. The Labute approximate surface area is 128 Å². The van der Waals surface area contributed by atoms with Gasteiger partial charge in [0.15, 0.2) is 0 Å². The van der Waals surface area contributed by atoms with Crippen LogP contribution in [0.15, 0.2) is 12.1 Å². The van der Waals surface area contributed by atoms with Crippen molar-refractivity contribution in [1.82, 2.24) is 0 Å². The molecule has 1 aromatic carbocycles. The molecule has 1 atom stereocenters. The first-order valence-electron chi connectivity index (χ1n) is 6.98. The van der Waals surface area contributed by atoms with E-state index in [2.05, 4.69) is 18.7 Å². The van der Waals surface area contributed by atoms with E-state index in [1.807, 2.05) is 22.6 Å². The summed E-state index contributed by atoms with van der Waals surface area (Å²) in [5, 5.41) is 0. The van der Waals surface area contributed by atoms with Crippen molar-refractivity contribution in [3.05, 3.63) is 21.5 Å². The first-order chi connectivity index (χ1) is 8.99. The van der Waals surface area contributed by atoms with Crippen LogP contribution in [0.5, 0.6) is 0 Å². The highest BCUT2D eigenvalue weighted by atomic mass is 127. The molecule has 1 aromatic rings. The van der Waals surface area contributed by atoms with Crippen molar-refractivity contribution < 1.29 is 4.39 Å². The first kappa shape index (κ1) is 14.9. The maximum atomic E-state index is 13.7. The summed E-state index contributed by atoms with van der Waals surface area (Å²) in [6.45, 7) is 6.54. The molecule has 0 saturated carbocycles. The molecule has 2 rings (SSSR count). The van der Waals surface area contributed by atoms with E-state index in [4.69, 9.17) is 5.73 Å². The van der Waals surface area contributed by atoms with Gasteiger partial charge in [-0.15, -0.1) is 0 Å². The predicted octanol–water partition coefficient (Wildman–Crippen LogP) is 4.28. The normalized spacial score (nSPS) is 20.7. The molecule has 19 heavy (non-hydrogen) atoms. The molecule has 1 aliphatic heterocycles. The molecule has 1 heterocycles. The number of nitrogens with two attached hydrogens (primary N) is 1. The molecule has 106 valence electrons. The van der Waals surface area contributed by atoms with Gasteiger partial charge >= 0.3 is 0 Å². The van der Waals surface area contributed by atoms with Gasteiger partial charge in [-0.1, -0.05) is 13.8 Å². The lowest BCUT2D eigenvalue weighted by atomic mass is 9.89. The number of anilines is 2. The summed E-state index contributed by atoms with van der Waals surface area (Å²) in [6, 6.07) is 3.32. The van der Waals surface area contributed by atoms with Crippen LogP contribution in [0.25, 0.3) is 0 Å². The Balaban J connectivity index is 2.16. The first-order valence-corrected chi connectivity index (χ1v) is 8.06.